The third-order valence-electron chi connectivity index (χ3n) is 2.05. The number of rotatable bonds is 7. The lowest BCUT2D eigenvalue weighted by Gasteiger charge is -2.03. The number of aromatic nitrogens is 1. The minimum atomic E-state index is -2.89. The van der Waals surface area contributed by atoms with E-state index in [9.17, 15) is 8.42 Å². The fourth-order valence-corrected chi connectivity index (χ4v) is 2.60. The molecule has 0 aliphatic heterocycles. The molecule has 1 rings (SSSR count). The molecule has 0 amide bonds. The summed E-state index contributed by atoms with van der Waals surface area (Å²) in [7, 11) is -2.89. The molecule has 1 aromatic rings. The standard InChI is InChI=1S/C10H18N2O3S/c1-3-5-16(13,14)6-4-11-8-10-12-7-9(2)15-10/h7,11H,3-6,8H2,1-2H3. The number of nitrogens with one attached hydrogen (secondary N) is 1. The van der Waals surface area contributed by atoms with E-state index in [2.05, 4.69) is 10.3 Å². The zero-order chi connectivity index (χ0) is 12.0. The highest BCUT2D eigenvalue weighted by Gasteiger charge is 2.08. The molecule has 0 saturated heterocycles. The van der Waals surface area contributed by atoms with Crippen molar-refractivity contribution in [1.82, 2.24) is 10.3 Å². The molecule has 0 aliphatic carbocycles. The first kappa shape index (κ1) is 13.2. The molecule has 0 unspecified atom stereocenters. The minimum absolute atomic E-state index is 0.167. The van der Waals surface area contributed by atoms with Crippen molar-refractivity contribution in [1.29, 1.82) is 0 Å². The lowest BCUT2D eigenvalue weighted by Crippen LogP contribution is -2.24. The van der Waals surface area contributed by atoms with Crippen molar-refractivity contribution >= 4 is 9.84 Å². The summed E-state index contributed by atoms with van der Waals surface area (Å²) in [5.41, 5.74) is 0. The predicted molar refractivity (Wildman–Crippen MR) is 61.9 cm³/mol. The van der Waals surface area contributed by atoms with E-state index >= 15 is 0 Å². The van der Waals surface area contributed by atoms with E-state index in [1.165, 1.54) is 0 Å². The van der Waals surface area contributed by atoms with Gasteiger partial charge in [-0.05, 0) is 13.3 Å². The average molecular weight is 246 g/mol. The van der Waals surface area contributed by atoms with Crippen LogP contribution in [-0.2, 0) is 16.4 Å². The van der Waals surface area contributed by atoms with Crippen LogP contribution in [0.25, 0.3) is 0 Å². The van der Waals surface area contributed by atoms with Gasteiger partial charge >= 0.3 is 0 Å². The zero-order valence-corrected chi connectivity index (χ0v) is 10.5. The van der Waals surface area contributed by atoms with Crippen LogP contribution >= 0.6 is 0 Å². The summed E-state index contributed by atoms with van der Waals surface area (Å²) in [5.74, 6) is 1.77. The van der Waals surface area contributed by atoms with E-state index in [0.717, 1.165) is 5.76 Å². The maximum atomic E-state index is 11.4. The molecule has 0 spiro atoms. The first-order chi connectivity index (χ1) is 7.53. The molecular formula is C10H18N2O3S. The highest BCUT2D eigenvalue weighted by atomic mass is 32.2. The Balaban J connectivity index is 2.22. The minimum Gasteiger partial charge on any atom is -0.445 e. The molecule has 0 atom stereocenters. The van der Waals surface area contributed by atoms with Gasteiger partial charge in [-0.25, -0.2) is 13.4 Å². The molecule has 0 bridgehead atoms. The number of oxazole rings is 1. The van der Waals surface area contributed by atoms with Crippen molar-refractivity contribution in [2.24, 2.45) is 0 Å². The van der Waals surface area contributed by atoms with Gasteiger partial charge in [0.15, 0.2) is 9.84 Å². The Bertz CT molecular complexity index is 411. The topological polar surface area (TPSA) is 72.2 Å². The van der Waals surface area contributed by atoms with Crippen molar-refractivity contribution in [3.63, 3.8) is 0 Å². The Morgan fingerprint density at radius 3 is 2.75 bits per heavy atom. The number of hydrogen-bond donors (Lipinski definition) is 1. The van der Waals surface area contributed by atoms with Gasteiger partial charge in [0.2, 0.25) is 5.89 Å². The largest absolute Gasteiger partial charge is 0.445 e. The molecule has 0 fully saturated rings. The molecule has 0 aromatic carbocycles. The van der Waals surface area contributed by atoms with Crippen LogP contribution < -0.4 is 5.32 Å². The fraction of sp³-hybridized carbons (Fsp3) is 0.700. The second kappa shape index (κ2) is 6.00. The summed E-state index contributed by atoms with van der Waals surface area (Å²) in [4.78, 5) is 4.01. The Morgan fingerprint density at radius 2 is 2.19 bits per heavy atom. The number of hydrogen-bond acceptors (Lipinski definition) is 5. The summed E-state index contributed by atoms with van der Waals surface area (Å²) >= 11 is 0. The molecule has 1 N–H and O–H groups in total. The molecule has 1 aromatic heterocycles. The molecule has 0 saturated carbocycles. The van der Waals surface area contributed by atoms with E-state index in [1.807, 2.05) is 13.8 Å². The summed E-state index contributed by atoms with van der Waals surface area (Å²) in [5, 5.41) is 2.99. The van der Waals surface area contributed by atoms with E-state index < -0.39 is 9.84 Å². The van der Waals surface area contributed by atoms with Crippen LogP contribution in [0.5, 0.6) is 0 Å². The number of aryl methyl sites for hydroxylation is 1. The van der Waals surface area contributed by atoms with E-state index in [-0.39, 0.29) is 11.5 Å². The van der Waals surface area contributed by atoms with Crippen molar-refractivity contribution < 1.29 is 12.8 Å². The summed E-state index contributed by atoms with van der Waals surface area (Å²) in [6.07, 6.45) is 2.31. The SMILES string of the molecule is CCCS(=O)(=O)CCNCc1ncc(C)o1. The van der Waals surface area contributed by atoms with E-state index in [4.69, 9.17) is 4.42 Å². The lowest BCUT2D eigenvalue weighted by molar-refractivity contribution is 0.452. The van der Waals surface area contributed by atoms with Gasteiger partial charge in [-0.1, -0.05) is 6.92 Å². The smallest absolute Gasteiger partial charge is 0.208 e. The molecule has 1 heterocycles. The maximum Gasteiger partial charge on any atom is 0.208 e. The van der Waals surface area contributed by atoms with Gasteiger partial charge in [-0.2, -0.15) is 0 Å². The normalized spacial score (nSPS) is 11.9. The van der Waals surface area contributed by atoms with Crippen molar-refractivity contribution in [3.05, 3.63) is 17.8 Å². The van der Waals surface area contributed by atoms with Gasteiger partial charge in [-0.15, -0.1) is 0 Å². The fourth-order valence-electron chi connectivity index (χ4n) is 1.32. The summed E-state index contributed by atoms with van der Waals surface area (Å²) in [6, 6.07) is 0. The van der Waals surface area contributed by atoms with Crippen LogP contribution in [0.15, 0.2) is 10.6 Å². The highest BCUT2D eigenvalue weighted by Crippen LogP contribution is 2.00. The van der Waals surface area contributed by atoms with Gasteiger partial charge < -0.3 is 9.73 Å². The average Bonchev–Trinajstić information content (AvgIpc) is 2.59. The zero-order valence-electron chi connectivity index (χ0n) is 9.69. The van der Waals surface area contributed by atoms with Crippen molar-refractivity contribution in [2.75, 3.05) is 18.1 Å². The lowest BCUT2D eigenvalue weighted by atomic mass is 10.6. The molecule has 6 heteroatoms. The van der Waals surface area contributed by atoms with Gasteiger partial charge in [-0.3, -0.25) is 0 Å². The molecule has 92 valence electrons. The van der Waals surface area contributed by atoms with Crippen molar-refractivity contribution in [3.8, 4) is 0 Å². The Kier molecular flexibility index (Phi) is 4.95. The molecule has 16 heavy (non-hydrogen) atoms. The summed E-state index contributed by atoms with van der Waals surface area (Å²) in [6.45, 7) is 4.59. The Hall–Kier alpha value is -0.880. The second-order valence-corrected chi connectivity index (χ2v) is 6.00. The number of nitrogens with zero attached hydrogens (tertiary/aromatic N) is 1. The van der Waals surface area contributed by atoms with Crippen LogP contribution in [0.2, 0.25) is 0 Å². The first-order valence-electron chi connectivity index (χ1n) is 5.36. The van der Waals surface area contributed by atoms with Crippen LogP contribution in [0.1, 0.15) is 25.0 Å². The van der Waals surface area contributed by atoms with Gasteiger partial charge in [0.1, 0.15) is 5.76 Å². The predicted octanol–water partition coefficient (Wildman–Crippen LogP) is 0.897. The van der Waals surface area contributed by atoms with E-state index in [0.29, 0.717) is 25.4 Å². The van der Waals surface area contributed by atoms with Crippen LogP contribution in [-0.4, -0.2) is 31.5 Å². The van der Waals surface area contributed by atoms with E-state index in [1.54, 1.807) is 6.20 Å². The summed E-state index contributed by atoms with van der Waals surface area (Å²) < 4.78 is 28.0. The van der Waals surface area contributed by atoms with Gasteiger partial charge in [0.05, 0.1) is 18.5 Å². The third kappa shape index (κ3) is 4.76. The Morgan fingerprint density at radius 1 is 1.44 bits per heavy atom. The third-order valence-corrected chi connectivity index (χ3v) is 3.91. The first-order valence-corrected chi connectivity index (χ1v) is 7.18. The molecule has 0 aliphatic rings. The highest BCUT2D eigenvalue weighted by molar-refractivity contribution is 7.91. The second-order valence-electron chi connectivity index (χ2n) is 3.69. The van der Waals surface area contributed by atoms with Gasteiger partial charge in [0.25, 0.3) is 0 Å². The van der Waals surface area contributed by atoms with Gasteiger partial charge in [0, 0.05) is 12.3 Å². The molecular weight excluding hydrogens is 228 g/mol. The number of sulfone groups is 1. The van der Waals surface area contributed by atoms with Crippen molar-refractivity contribution in [2.45, 2.75) is 26.8 Å². The quantitative estimate of drug-likeness (QED) is 0.724. The Labute approximate surface area is 96.2 Å². The van der Waals surface area contributed by atoms with Crippen LogP contribution in [0.3, 0.4) is 0 Å². The molecule has 5 nitrogen and oxygen atoms in total. The molecule has 0 radical (unpaired) electrons. The van der Waals surface area contributed by atoms with Crippen LogP contribution in [0, 0.1) is 6.92 Å². The maximum absolute atomic E-state index is 11.4. The van der Waals surface area contributed by atoms with Crippen LogP contribution in [0.4, 0.5) is 0 Å². The monoisotopic (exact) mass is 246 g/mol.